The van der Waals surface area contributed by atoms with Crippen LogP contribution in [0.3, 0.4) is 0 Å². The largest absolute Gasteiger partial charge is 0.464 e. The van der Waals surface area contributed by atoms with E-state index in [-0.39, 0.29) is 5.70 Å². The Balaban J connectivity index is 2.98. The molecule has 6 heteroatoms. The molecule has 1 aliphatic heterocycles. The van der Waals surface area contributed by atoms with Gasteiger partial charge < -0.3 is 9.47 Å². The number of carbonyl (C=O) groups excluding carboxylic acids is 2. The molecule has 18 heavy (non-hydrogen) atoms. The number of thioether (sulfide) groups is 1. The number of hydrogen-bond acceptors (Lipinski definition) is 5. The second kappa shape index (κ2) is 4.84. The molecule has 1 aliphatic rings. The van der Waals surface area contributed by atoms with Crippen LogP contribution in [0.15, 0.2) is 11.1 Å². The molecule has 0 bridgehead atoms. The van der Waals surface area contributed by atoms with E-state index in [1.807, 2.05) is 13.8 Å². The predicted octanol–water partition coefficient (Wildman–Crippen LogP) is 2.72. The van der Waals surface area contributed by atoms with E-state index >= 15 is 0 Å². The van der Waals surface area contributed by atoms with E-state index in [4.69, 9.17) is 4.74 Å². The summed E-state index contributed by atoms with van der Waals surface area (Å²) < 4.78 is 9.98. The van der Waals surface area contributed by atoms with E-state index in [1.165, 1.54) is 23.8 Å². The molecule has 102 valence electrons. The summed E-state index contributed by atoms with van der Waals surface area (Å²) in [5.74, 6) is -0.543. The van der Waals surface area contributed by atoms with Gasteiger partial charge in [0.15, 0.2) is 0 Å². The highest BCUT2D eigenvalue weighted by Crippen LogP contribution is 2.41. The third-order valence-corrected chi connectivity index (χ3v) is 3.31. The first-order chi connectivity index (χ1) is 8.08. The van der Waals surface area contributed by atoms with Gasteiger partial charge in [-0.15, -0.1) is 11.8 Å². The predicted molar refractivity (Wildman–Crippen MR) is 69.8 cm³/mol. The highest BCUT2D eigenvalue weighted by atomic mass is 32.2. The van der Waals surface area contributed by atoms with Crippen LogP contribution in [0.4, 0.5) is 4.79 Å². The van der Waals surface area contributed by atoms with Gasteiger partial charge in [0.25, 0.3) is 0 Å². The Bertz CT molecular complexity index is 395. The van der Waals surface area contributed by atoms with Crippen LogP contribution in [0.1, 0.15) is 34.6 Å². The third-order valence-electron chi connectivity index (χ3n) is 2.21. The summed E-state index contributed by atoms with van der Waals surface area (Å²) in [5.41, 5.74) is -0.400. The van der Waals surface area contributed by atoms with Crippen molar-refractivity contribution in [1.82, 2.24) is 4.90 Å². The molecule has 0 radical (unpaired) electrons. The SMILES string of the molecule is COC(=O)C1=CSC(C)(C)N1C(=O)OC(C)(C)C. The molecular formula is C12H19NO4S. The maximum Gasteiger partial charge on any atom is 0.416 e. The summed E-state index contributed by atoms with van der Waals surface area (Å²) in [6.07, 6.45) is -0.547. The van der Waals surface area contributed by atoms with Crippen LogP contribution in [0, 0.1) is 0 Å². The Morgan fingerprint density at radius 2 is 1.89 bits per heavy atom. The summed E-state index contributed by atoms with van der Waals surface area (Å²) in [4.78, 5) is 24.5. The van der Waals surface area contributed by atoms with Crippen molar-refractivity contribution in [3.63, 3.8) is 0 Å². The van der Waals surface area contributed by atoms with Gasteiger partial charge in [0, 0.05) is 5.41 Å². The standard InChI is InChI=1S/C12H19NO4S/c1-11(2,3)17-10(15)13-8(9(14)16-6)7-18-12(13,4)5/h7H,1-6H3. The molecule has 0 unspecified atom stereocenters. The Labute approximate surface area is 111 Å². The van der Waals surface area contributed by atoms with Crippen molar-refractivity contribution in [2.24, 2.45) is 0 Å². The first kappa shape index (κ1) is 14.9. The average Bonchev–Trinajstić information content (AvgIpc) is 2.50. The highest BCUT2D eigenvalue weighted by Gasteiger charge is 2.43. The molecule has 1 rings (SSSR count). The van der Waals surface area contributed by atoms with E-state index in [9.17, 15) is 9.59 Å². The summed E-state index contributed by atoms with van der Waals surface area (Å²) >= 11 is 1.38. The quantitative estimate of drug-likeness (QED) is 0.688. The van der Waals surface area contributed by atoms with Crippen molar-refractivity contribution in [2.45, 2.75) is 45.1 Å². The highest BCUT2D eigenvalue weighted by molar-refractivity contribution is 8.03. The van der Waals surface area contributed by atoms with Gasteiger partial charge in [-0.25, -0.2) is 9.59 Å². The number of ether oxygens (including phenoxy) is 2. The fourth-order valence-corrected chi connectivity index (χ4v) is 2.35. The molecule has 0 aromatic heterocycles. The molecule has 0 saturated carbocycles. The van der Waals surface area contributed by atoms with E-state index in [2.05, 4.69) is 4.74 Å². The molecule has 0 spiro atoms. The Morgan fingerprint density at radius 1 is 1.33 bits per heavy atom. The lowest BCUT2D eigenvalue weighted by Gasteiger charge is -2.33. The number of hydrogen-bond donors (Lipinski definition) is 0. The number of nitrogens with zero attached hydrogens (tertiary/aromatic N) is 1. The lowest BCUT2D eigenvalue weighted by Crippen LogP contribution is -2.46. The zero-order valence-corrected chi connectivity index (χ0v) is 12.4. The molecule has 1 amide bonds. The van der Waals surface area contributed by atoms with Crippen molar-refractivity contribution in [2.75, 3.05) is 7.11 Å². The van der Waals surface area contributed by atoms with Crippen molar-refractivity contribution < 1.29 is 19.1 Å². The Kier molecular flexibility index (Phi) is 4.00. The molecule has 0 saturated heterocycles. The normalized spacial score (nSPS) is 18.3. The van der Waals surface area contributed by atoms with Crippen molar-refractivity contribution in [1.29, 1.82) is 0 Å². The fourth-order valence-electron chi connectivity index (χ4n) is 1.47. The van der Waals surface area contributed by atoms with Crippen LogP contribution >= 0.6 is 11.8 Å². The lowest BCUT2D eigenvalue weighted by molar-refractivity contribution is -0.138. The molecule has 0 fully saturated rings. The molecule has 1 heterocycles. The Hall–Kier alpha value is -1.17. The summed E-state index contributed by atoms with van der Waals surface area (Å²) in [6.45, 7) is 9.02. The van der Waals surface area contributed by atoms with E-state index in [0.717, 1.165) is 0 Å². The first-order valence-corrected chi connectivity index (χ1v) is 6.46. The van der Waals surface area contributed by atoms with Crippen LogP contribution in [-0.4, -0.2) is 34.5 Å². The minimum atomic E-state index is -0.609. The maximum absolute atomic E-state index is 12.1. The number of amides is 1. The van der Waals surface area contributed by atoms with Gasteiger partial charge in [-0.05, 0) is 34.6 Å². The fraction of sp³-hybridized carbons (Fsp3) is 0.667. The maximum atomic E-state index is 12.1. The van der Waals surface area contributed by atoms with Crippen molar-refractivity contribution >= 4 is 23.8 Å². The monoisotopic (exact) mass is 273 g/mol. The topological polar surface area (TPSA) is 55.8 Å². The second-order valence-electron chi connectivity index (χ2n) is 5.38. The van der Waals surface area contributed by atoms with Gasteiger partial charge in [0.2, 0.25) is 0 Å². The first-order valence-electron chi connectivity index (χ1n) is 5.58. The van der Waals surface area contributed by atoms with Crippen LogP contribution in [-0.2, 0) is 14.3 Å². The summed E-state index contributed by atoms with van der Waals surface area (Å²) in [7, 11) is 1.28. The van der Waals surface area contributed by atoms with Gasteiger partial charge in [0.1, 0.15) is 11.3 Å². The summed E-state index contributed by atoms with van der Waals surface area (Å²) in [6, 6.07) is 0. The van der Waals surface area contributed by atoms with Crippen LogP contribution < -0.4 is 0 Å². The smallest absolute Gasteiger partial charge is 0.416 e. The van der Waals surface area contributed by atoms with Gasteiger partial charge in [-0.1, -0.05) is 0 Å². The van der Waals surface area contributed by atoms with Crippen molar-refractivity contribution in [3.05, 3.63) is 11.1 Å². The minimum Gasteiger partial charge on any atom is -0.464 e. The Morgan fingerprint density at radius 3 is 2.33 bits per heavy atom. The molecule has 0 aromatic rings. The minimum absolute atomic E-state index is 0.210. The average molecular weight is 273 g/mol. The number of methoxy groups -OCH3 is 1. The molecular weight excluding hydrogens is 254 g/mol. The van der Waals surface area contributed by atoms with E-state index in [0.29, 0.717) is 0 Å². The number of rotatable bonds is 1. The van der Waals surface area contributed by atoms with Crippen LogP contribution in [0.5, 0.6) is 0 Å². The molecule has 0 aromatic carbocycles. The van der Waals surface area contributed by atoms with E-state index in [1.54, 1.807) is 26.2 Å². The number of carbonyl (C=O) groups is 2. The third kappa shape index (κ3) is 3.19. The molecule has 0 N–H and O–H groups in total. The van der Waals surface area contributed by atoms with Crippen LogP contribution in [0.2, 0.25) is 0 Å². The van der Waals surface area contributed by atoms with Gasteiger partial charge >= 0.3 is 12.1 Å². The molecule has 0 atom stereocenters. The van der Waals surface area contributed by atoms with Gasteiger partial charge in [0.05, 0.1) is 12.0 Å². The van der Waals surface area contributed by atoms with Gasteiger partial charge in [-0.2, -0.15) is 0 Å². The van der Waals surface area contributed by atoms with Gasteiger partial charge in [-0.3, -0.25) is 4.90 Å². The zero-order valence-electron chi connectivity index (χ0n) is 11.6. The zero-order chi connectivity index (χ0) is 14.1. The number of esters is 1. The van der Waals surface area contributed by atoms with E-state index < -0.39 is 22.5 Å². The molecule has 0 aliphatic carbocycles. The van der Waals surface area contributed by atoms with Crippen molar-refractivity contribution in [3.8, 4) is 0 Å². The molecule has 5 nitrogen and oxygen atoms in total. The lowest BCUT2D eigenvalue weighted by atomic mass is 10.2. The second-order valence-corrected chi connectivity index (χ2v) is 6.85. The summed E-state index contributed by atoms with van der Waals surface area (Å²) in [5, 5.41) is 1.62. The van der Waals surface area contributed by atoms with Crippen LogP contribution in [0.25, 0.3) is 0 Å².